The van der Waals surface area contributed by atoms with Crippen LogP contribution < -0.4 is 22.3 Å². The van der Waals surface area contributed by atoms with Gasteiger partial charge in [0.25, 0.3) is 5.91 Å². The molecule has 0 saturated carbocycles. The van der Waals surface area contributed by atoms with Crippen LogP contribution in [0.5, 0.6) is 0 Å². The number of benzene rings is 2. The summed E-state index contributed by atoms with van der Waals surface area (Å²) < 4.78 is 6.66. The van der Waals surface area contributed by atoms with Crippen molar-refractivity contribution in [1.29, 1.82) is 0 Å². The number of piperidine rings is 3. The Bertz CT molecular complexity index is 1250. The van der Waals surface area contributed by atoms with Crippen LogP contribution in [-0.2, 0) is 19.9 Å². The van der Waals surface area contributed by atoms with Crippen molar-refractivity contribution in [2.45, 2.75) is 24.5 Å². The fraction of sp³-hybridized carbons (Fsp3) is 0.333. The van der Waals surface area contributed by atoms with E-state index in [1.165, 1.54) is 6.33 Å². The molecule has 186 valence electrons. The molecule has 1 unspecified atom stereocenters. The van der Waals surface area contributed by atoms with Gasteiger partial charge < -0.3 is 36.6 Å². The van der Waals surface area contributed by atoms with Gasteiger partial charge in [-0.2, -0.15) is 0 Å². The first-order valence-corrected chi connectivity index (χ1v) is 12.0. The number of anilines is 1. The lowest BCUT2D eigenvalue weighted by Crippen LogP contribution is -3.00. The van der Waals surface area contributed by atoms with Crippen molar-refractivity contribution in [1.82, 2.24) is 9.97 Å². The highest BCUT2D eigenvalue weighted by atomic mass is 79.9. The van der Waals surface area contributed by atoms with E-state index in [9.17, 15) is 14.7 Å². The van der Waals surface area contributed by atoms with Crippen LogP contribution in [0.1, 0.15) is 24.0 Å². The summed E-state index contributed by atoms with van der Waals surface area (Å²) in [6.07, 6.45) is 5.96. The van der Waals surface area contributed by atoms with Crippen LogP contribution >= 0.6 is 0 Å². The Morgan fingerprint density at radius 3 is 2.19 bits per heavy atom. The van der Waals surface area contributed by atoms with E-state index >= 15 is 0 Å². The molecular weight excluding hydrogens is 524 g/mol. The molecule has 0 spiro atoms. The molecule has 1 amide bonds. The van der Waals surface area contributed by atoms with Crippen LogP contribution in [0.4, 0.5) is 5.69 Å². The average Bonchev–Trinajstić information content (AvgIpc) is 3.15. The van der Waals surface area contributed by atoms with Gasteiger partial charge in [0, 0.05) is 29.9 Å². The van der Waals surface area contributed by atoms with Crippen LogP contribution in [0.2, 0.25) is 0 Å². The lowest BCUT2D eigenvalue weighted by atomic mass is 9.82. The molecule has 1 aliphatic carbocycles. The topological polar surface area (TPSA) is 101 Å². The van der Waals surface area contributed by atoms with Gasteiger partial charge in [-0.1, -0.05) is 48.5 Å². The number of aliphatic hydroxyl groups is 1. The van der Waals surface area contributed by atoms with E-state index < -0.39 is 11.6 Å². The Morgan fingerprint density at radius 1 is 1.00 bits per heavy atom. The van der Waals surface area contributed by atoms with Crippen molar-refractivity contribution < 1.29 is 40.9 Å². The second-order valence-electron chi connectivity index (χ2n) is 9.89. The summed E-state index contributed by atoms with van der Waals surface area (Å²) >= 11 is 0. The number of esters is 1. The number of fused-ring (bicyclic) bond motifs is 6. The summed E-state index contributed by atoms with van der Waals surface area (Å²) in [6.45, 7) is 2.60. The molecule has 9 heteroatoms. The van der Waals surface area contributed by atoms with E-state index in [1.807, 2.05) is 36.4 Å². The first-order valence-electron chi connectivity index (χ1n) is 12.0. The molecule has 2 aromatic carbocycles. The van der Waals surface area contributed by atoms with Crippen LogP contribution in [-0.4, -0.2) is 63.7 Å². The lowest BCUT2D eigenvalue weighted by Gasteiger charge is -2.51. The maximum absolute atomic E-state index is 13.6. The quantitative estimate of drug-likeness (QED) is 0.327. The molecule has 1 aromatic heterocycles. The number of aromatic nitrogens is 2. The highest BCUT2D eigenvalue weighted by Crippen LogP contribution is 2.48. The van der Waals surface area contributed by atoms with E-state index in [4.69, 9.17) is 4.74 Å². The normalized spacial score (nSPS) is 24.7. The number of hydrogen-bond donors (Lipinski definition) is 2. The Labute approximate surface area is 219 Å². The Hall–Kier alpha value is -3.14. The first-order chi connectivity index (χ1) is 17.0. The average molecular weight is 551 g/mol. The number of ether oxygens (including phenoxy) is 1. The molecular formula is C27H27BrN4O4. The second kappa shape index (κ2) is 9.38. The maximum Gasteiger partial charge on any atom is 0.348 e. The summed E-state index contributed by atoms with van der Waals surface area (Å²) in [6, 6.07) is 14.9. The van der Waals surface area contributed by atoms with Gasteiger partial charge in [-0.25, -0.2) is 14.8 Å². The maximum atomic E-state index is 13.6. The predicted octanol–water partition coefficient (Wildman–Crippen LogP) is -0.512. The molecule has 3 fully saturated rings. The van der Waals surface area contributed by atoms with Gasteiger partial charge in [0.1, 0.15) is 12.9 Å². The summed E-state index contributed by atoms with van der Waals surface area (Å²) in [4.78, 5) is 34.3. The van der Waals surface area contributed by atoms with E-state index in [0.29, 0.717) is 34.4 Å². The molecule has 8 nitrogen and oxygen atoms in total. The van der Waals surface area contributed by atoms with Crippen molar-refractivity contribution in [3.05, 3.63) is 78.4 Å². The highest BCUT2D eigenvalue weighted by Gasteiger charge is 2.53. The monoisotopic (exact) mass is 550 g/mol. The summed E-state index contributed by atoms with van der Waals surface area (Å²) in [7, 11) is 0. The van der Waals surface area contributed by atoms with Crippen molar-refractivity contribution >= 4 is 17.6 Å². The molecule has 3 aliphatic heterocycles. The van der Waals surface area contributed by atoms with Crippen LogP contribution in [0.15, 0.2) is 67.3 Å². The third-order valence-corrected chi connectivity index (χ3v) is 7.84. The zero-order valence-corrected chi connectivity index (χ0v) is 21.2. The minimum Gasteiger partial charge on any atom is -1.00 e. The minimum atomic E-state index is -1.84. The zero-order chi connectivity index (χ0) is 24.0. The fourth-order valence-electron chi connectivity index (χ4n) is 6.10. The van der Waals surface area contributed by atoms with Gasteiger partial charge in [0.15, 0.2) is 12.6 Å². The Kier molecular flexibility index (Phi) is 6.40. The molecule has 2 bridgehead atoms. The van der Waals surface area contributed by atoms with E-state index in [-0.39, 0.29) is 34.9 Å². The number of carbonyl (C=O) groups is 2. The van der Waals surface area contributed by atoms with Crippen molar-refractivity contribution in [3.63, 3.8) is 0 Å². The lowest BCUT2D eigenvalue weighted by molar-refractivity contribution is -0.939. The third kappa shape index (κ3) is 4.01. The summed E-state index contributed by atoms with van der Waals surface area (Å²) in [5.41, 5.74) is 1.53. The van der Waals surface area contributed by atoms with Gasteiger partial charge in [0.2, 0.25) is 5.60 Å². The molecule has 4 aliphatic rings. The highest BCUT2D eigenvalue weighted by molar-refractivity contribution is 5.96. The third-order valence-electron chi connectivity index (χ3n) is 7.84. The van der Waals surface area contributed by atoms with Gasteiger partial charge in [-0.15, -0.1) is 0 Å². The summed E-state index contributed by atoms with van der Waals surface area (Å²) in [5, 5.41) is 14.6. The smallest absolute Gasteiger partial charge is 0.348 e. The fourth-order valence-corrected chi connectivity index (χ4v) is 6.10. The van der Waals surface area contributed by atoms with Gasteiger partial charge in [0.05, 0.1) is 31.2 Å². The van der Waals surface area contributed by atoms with E-state index in [2.05, 4.69) is 15.3 Å². The standard InChI is InChI=1S/C27H26N4O4.BrH/c32-25(30-19-13-28-17-29-14-19)16-31-11-9-18(10-12-31)24(15-31)35-26(33)27(34)22-7-3-1-5-20(22)21-6-2-4-8-23(21)27;/h1-8,13-14,17-18,24,34H,9-12,15-16H2;1H. The number of nitrogens with zero attached hydrogens (tertiary/aromatic N) is 3. The Balaban J connectivity index is 0.00000267. The van der Waals surface area contributed by atoms with Gasteiger partial charge in [-0.3, -0.25) is 4.79 Å². The van der Waals surface area contributed by atoms with Crippen molar-refractivity contribution in [3.8, 4) is 11.1 Å². The van der Waals surface area contributed by atoms with Gasteiger partial charge >= 0.3 is 5.97 Å². The number of rotatable bonds is 5. The molecule has 3 saturated heterocycles. The number of quaternary nitrogens is 1. The SMILES string of the molecule is O=C(C[N+]12CCC(CC1)C(OC(=O)C1(O)c3ccccc3-c3ccccc31)C2)Nc1cncnc1.[Br-]. The predicted molar refractivity (Wildman–Crippen MR) is 128 cm³/mol. The minimum absolute atomic E-state index is 0. The van der Waals surface area contributed by atoms with Crippen LogP contribution in [0.25, 0.3) is 11.1 Å². The number of hydrogen-bond acceptors (Lipinski definition) is 6. The van der Waals surface area contributed by atoms with Crippen molar-refractivity contribution in [2.24, 2.45) is 5.92 Å². The molecule has 0 radical (unpaired) electrons. The van der Waals surface area contributed by atoms with Crippen molar-refractivity contribution in [2.75, 3.05) is 31.5 Å². The van der Waals surface area contributed by atoms with E-state index in [1.54, 1.807) is 24.5 Å². The zero-order valence-electron chi connectivity index (χ0n) is 19.6. The summed E-state index contributed by atoms with van der Waals surface area (Å²) in [5.74, 6) is -0.514. The number of halogens is 1. The number of amides is 1. The Morgan fingerprint density at radius 2 is 1.58 bits per heavy atom. The molecule has 1 atom stereocenters. The van der Waals surface area contributed by atoms with Gasteiger partial charge in [-0.05, 0) is 11.1 Å². The number of carbonyl (C=O) groups excluding carboxylic acids is 2. The largest absolute Gasteiger partial charge is 1.00 e. The van der Waals surface area contributed by atoms with E-state index in [0.717, 1.165) is 37.1 Å². The first kappa shape index (κ1) is 24.5. The van der Waals surface area contributed by atoms with Crippen LogP contribution in [0.3, 0.4) is 0 Å². The molecule has 4 heterocycles. The second-order valence-corrected chi connectivity index (χ2v) is 9.89. The molecule has 3 aromatic rings. The molecule has 2 N–H and O–H groups in total. The molecule has 7 rings (SSSR count). The molecule has 36 heavy (non-hydrogen) atoms. The number of nitrogens with one attached hydrogen (secondary N) is 1. The van der Waals surface area contributed by atoms with Crippen LogP contribution in [0, 0.1) is 5.92 Å².